The molecule has 0 aromatic rings. The van der Waals surface area contributed by atoms with Crippen LogP contribution in [-0.2, 0) is 9.59 Å². The maximum atomic E-state index is 12.8. The van der Waals surface area contributed by atoms with E-state index in [0.717, 1.165) is 25.7 Å². The molecule has 2 amide bonds. The van der Waals surface area contributed by atoms with E-state index in [9.17, 15) is 9.59 Å². The van der Waals surface area contributed by atoms with Gasteiger partial charge in [-0.05, 0) is 30.6 Å². The standard InChI is InChI=1S/C18H33NO2/c1-8-16(5,9-2)17(6)12-14(20)19(15(21)13-17)18(7,10-3)11-4/h8-13H2,1-7H3. The largest absolute Gasteiger partial charge is 0.277 e. The van der Waals surface area contributed by atoms with Crippen LogP contribution in [0.15, 0.2) is 0 Å². The van der Waals surface area contributed by atoms with E-state index in [0.29, 0.717) is 12.8 Å². The zero-order valence-corrected chi connectivity index (χ0v) is 15.0. The minimum Gasteiger partial charge on any atom is -0.277 e. The van der Waals surface area contributed by atoms with Gasteiger partial charge in [0, 0.05) is 18.4 Å². The molecule has 0 aromatic heterocycles. The summed E-state index contributed by atoms with van der Waals surface area (Å²) in [6.07, 6.45) is 4.62. The van der Waals surface area contributed by atoms with Gasteiger partial charge in [-0.15, -0.1) is 0 Å². The molecule has 0 aliphatic carbocycles. The number of piperidine rings is 1. The monoisotopic (exact) mass is 295 g/mol. The average molecular weight is 295 g/mol. The molecule has 0 bridgehead atoms. The number of likely N-dealkylation sites (tertiary alicyclic amines) is 1. The van der Waals surface area contributed by atoms with Crippen molar-refractivity contribution in [3.05, 3.63) is 0 Å². The molecule has 1 heterocycles. The van der Waals surface area contributed by atoms with Crippen LogP contribution in [0.3, 0.4) is 0 Å². The summed E-state index contributed by atoms with van der Waals surface area (Å²) in [7, 11) is 0. The molecule has 1 aliphatic heterocycles. The van der Waals surface area contributed by atoms with Crippen LogP contribution in [0, 0.1) is 10.8 Å². The van der Waals surface area contributed by atoms with Crippen LogP contribution >= 0.6 is 0 Å². The summed E-state index contributed by atoms with van der Waals surface area (Å²) < 4.78 is 0. The first-order chi connectivity index (χ1) is 9.63. The first-order valence-electron chi connectivity index (χ1n) is 8.49. The van der Waals surface area contributed by atoms with Crippen molar-refractivity contribution in [1.82, 2.24) is 4.90 Å². The lowest BCUT2D eigenvalue weighted by Crippen LogP contribution is -2.59. The lowest BCUT2D eigenvalue weighted by Gasteiger charge is -2.52. The summed E-state index contributed by atoms with van der Waals surface area (Å²) in [4.78, 5) is 27.1. The zero-order valence-electron chi connectivity index (χ0n) is 15.0. The molecule has 1 aliphatic rings. The van der Waals surface area contributed by atoms with Crippen molar-refractivity contribution in [3.63, 3.8) is 0 Å². The Balaban J connectivity index is 3.14. The van der Waals surface area contributed by atoms with Gasteiger partial charge in [-0.2, -0.15) is 0 Å². The molecule has 21 heavy (non-hydrogen) atoms. The number of rotatable bonds is 6. The van der Waals surface area contributed by atoms with Crippen molar-refractivity contribution >= 4 is 11.8 Å². The maximum absolute atomic E-state index is 12.8. The van der Waals surface area contributed by atoms with Crippen molar-refractivity contribution in [2.45, 2.75) is 92.5 Å². The number of carbonyl (C=O) groups excluding carboxylic acids is 2. The molecule has 3 heteroatoms. The molecule has 1 fully saturated rings. The van der Waals surface area contributed by atoms with Crippen molar-refractivity contribution in [2.24, 2.45) is 10.8 Å². The van der Waals surface area contributed by atoms with Crippen LogP contribution in [0.1, 0.15) is 87.0 Å². The van der Waals surface area contributed by atoms with Gasteiger partial charge in [-0.25, -0.2) is 0 Å². The van der Waals surface area contributed by atoms with E-state index < -0.39 is 0 Å². The van der Waals surface area contributed by atoms with Crippen LogP contribution in [0.5, 0.6) is 0 Å². The number of hydrogen-bond donors (Lipinski definition) is 0. The van der Waals surface area contributed by atoms with E-state index in [2.05, 4.69) is 41.5 Å². The zero-order chi connectivity index (χ0) is 16.5. The topological polar surface area (TPSA) is 37.4 Å². The molecule has 0 radical (unpaired) electrons. The van der Waals surface area contributed by atoms with Crippen molar-refractivity contribution in [2.75, 3.05) is 0 Å². The summed E-state index contributed by atoms with van der Waals surface area (Å²) in [6.45, 7) is 14.8. The molecule has 0 saturated carbocycles. The summed E-state index contributed by atoms with van der Waals surface area (Å²) >= 11 is 0. The van der Waals surface area contributed by atoms with Gasteiger partial charge >= 0.3 is 0 Å². The molecule has 3 nitrogen and oxygen atoms in total. The Labute approximate surface area is 130 Å². The predicted octanol–water partition coefficient (Wildman–Crippen LogP) is 4.55. The van der Waals surface area contributed by atoms with Crippen molar-refractivity contribution < 1.29 is 9.59 Å². The minimum atomic E-state index is -0.329. The predicted molar refractivity (Wildman–Crippen MR) is 86.9 cm³/mol. The van der Waals surface area contributed by atoms with Gasteiger partial charge < -0.3 is 0 Å². The van der Waals surface area contributed by atoms with Crippen LogP contribution < -0.4 is 0 Å². The highest BCUT2D eigenvalue weighted by Crippen LogP contribution is 2.52. The molecule has 122 valence electrons. The second-order valence-corrected chi connectivity index (χ2v) is 7.51. The maximum Gasteiger partial charge on any atom is 0.230 e. The van der Waals surface area contributed by atoms with Gasteiger partial charge in [0.1, 0.15) is 0 Å². The normalized spacial score (nSPS) is 20.0. The fourth-order valence-electron chi connectivity index (χ4n) is 3.73. The van der Waals surface area contributed by atoms with Gasteiger partial charge in [0.05, 0.1) is 0 Å². The van der Waals surface area contributed by atoms with E-state index in [4.69, 9.17) is 0 Å². The Morgan fingerprint density at radius 2 is 1.29 bits per heavy atom. The van der Waals surface area contributed by atoms with Gasteiger partial charge in [0.2, 0.25) is 11.8 Å². The number of hydrogen-bond acceptors (Lipinski definition) is 2. The highest BCUT2D eigenvalue weighted by atomic mass is 16.2. The van der Waals surface area contributed by atoms with Gasteiger partial charge in [0.15, 0.2) is 0 Å². The fourth-order valence-corrected chi connectivity index (χ4v) is 3.73. The summed E-state index contributed by atoms with van der Waals surface area (Å²) in [5, 5.41) is 0. The van der Waals surface area contributed by atoms with Crippen LogP contribution in [0.4, 0.5) is 0 Å². The number of amides is 2. The minimum absolute atomic E-state index is 0.0214. The van der Waals surface area contributed by atoms with Crippen molar-refractivity contribution in [3.8, 4) is 0 Å². The van der Waals surface area contributed by atoms with Gasteiger partial charge in [-0.3, -0.25) is 14.5 Å². The Hall–Kier alpha value is -0.860. The Morgan fingerprint density at radius 3 is 1.57 bits per heavy atom. The third-order valence-corrected chi connectivity index (χ3v) is 6.66. The van der Waals surface area contributed by atoms with Crippen LogP contribution in [-0.4, -0.2) is 22.3 Å². The van der Waals surface area contributed by atoms with Crippen LogP contribution in [0.2, 0.25) is 0 Å². The Morgan fingerprint density at radius 1 is 0.905 bits per heavy atom. The summed E-state index contributed by atoms with van der Waals surface area (Å²) in [6, 6.07) is 0. The second kappa shape index (κ2) is 6.10. The smallest absolute Gasteiger partial charge is 0.230 e. The second-order valence-electron chi connectivity index (χ2n) is 7.51. The quantitative estimate of drug-likeness (QED) is 0.674. The van der Waals surface area contributed by atoms with E-state index in [1.165, 1.54) is 0 Å². The first-order valence-corrected chi connectivity index (χ1v) is 8.49. The number of nitrogens with zero attached hydrogens (tertiary/aromatic N) is 1. The average Bonchev–Trinajstić information content (AvgIpc) is 2.44. The lowest BCUT2D eigenvalue weighted by molar-refractivity contribution is -0.166. The molecule has 0 atom stereocenters. The summed E-state index contributed by atoms with van der Waals surface area (Å²) in [5.74, 6) is 0.0427. The van der Waals surface area contributed by atoms with E-state index in [1.807, 2.05) is 6.92 Å². The third kappa shape index (κ3) is 2.89. The molecule has 1 saturated heterocycles. The highest BCUT2D eigenvalue weighted by Gasteiger charge is 2.52. The fraction of sp³-hybridized carbons (Fsp3) is 0.889. The highest BCUT2D eigenvalue weighted by molar-refractivity contribution is 5.99. The van der Waals surface area contributed by atoms with Gasteiger partial charge in [0.25, 0.3) is 0 Å². The lowest BCUT2D eigenvalue weighted by atomic mass is 9.58. The molecular formula is C18H33NO2. The molecule has 0 unspecified atom stereocenters. The number of carbonyl (C=O) groups is 2. The molecule has 0 N–H and O–H groups in total. The Bertz CT molecular complexity index is 387. The van der Waals surface area contributed by atoms with E-state index in [1.54, 1.807) is 4.90 Å². The summed E-state index contributed by atoms with van der Waals surface area (Å²) in [5.41, 5.74) is -0.507. The number of imide groups is 1. The van der Waals surface area contributed by atoms with Crippen molar-refractivity contribution in [1.29, 1.82) is 0 Å². The Kier molecular flexibility index (Phi) is 5.28. The van der Waals surface area contributed by atoms with Crippen LogP contribution in [0.25, 0.3) is 0 Å². The van der Waals surface area contributed by atoms with E-state index >= 15 is 0 Å². The van der Waals surface area contributed by atoms with Gasteiger partial charge in [-0.1, -0.05) is 54.4 Å². The first kappa shape index (κ1) is 18.2. The SMILES string of the molecule is CCC(C)(CC)N1C(=O)CC(C)(C(C)(CC)CC)CC1=O. The molecule has 0 spiro atoms. The molecule has 1 rings (SSSR count). The molecular weight excluding hydrogens is 262 g/mol. The molecule has 0 aromatic carbocycles. The van der Waals surface area contributed by atoms with E-state index in [-0.39, 0.29) is 28.2 Å². The third-order valence-electron chi connectivity index (χ3n) is 6.66.